The summed E-state index contributed by atoms with van der Waals surface area (Å²) >= 11 is 0. The molecule has 0 saturated heterocycles. The van der Waals surface area contributed by atoms with Crippen LogP contribution in [0.15, 0.2) is 152 Å². The van der Waals surface area contributed by atoms with Crippen LogP contribution in [0.2, 0.25) is 0 Å². The van der Waals surface area contributed by atoms with Gasteiger partial charge in [-0.2, -0.15) is 0 Å². The molecule has 0 fully saturated rings. The Kier molecular flexibility index (Phi) is 5.63. The lowest BCUT2D eigenvalue weighted by atomic mass is 9.81. The SMILES string of the molecule is CC1(C)c2ccccc2-c2ccc3c(c21)c1nc(-c2ccc4ccccc4c2)ncc1n3-c1ccc(-c2cccc3ccccc23)cc1. The van der Waals surface area contributed by atoms with Crippen LogP contribution in [0.25, 0.3) is 82.8 Å². The van der Waals surface area contributed by atoms with Crippen LogP contribution in [-0.2, 0) is 5.41 Å². The molecular weight excluding hydrogens is 583 g/mol. The maximum atomic E-state index is 5.40. The zero-order valence-corrected chi connectivity index (χ0v) is 26.8. The average Bonchev–Trinajstić information content (AvgIpc) is 3.59. The summed E-state index contributed by atoms with van der Waals surface area (Å²) < 4.78 is 2.35. The zero-order chi connectivity index (χ0) is 32.0. The van der Waals surface area contributed by atoms with Gasteiger partial charge in [-0.25, -0.2) is 9.97 Å². The van der Waals surface area contributed by atoms with E-state index >= 15 is 0 Å². The Morgan fingerprint density at radius 1 is 0.542 bits per heavy atom. The van der Waals surface area contributed by atoms with Gasteiger partial charge in [-0.05, 0) is 79.2 Å². The predicted molar refractivity (Wildman–Crippen MR) is 200 cm³/mol. The van der Waals surface area contributed by atoms with E-state index in [0.717, 1.165) is 33.6 Å². The lowest BCUT2D eigenvalue weighted by Gasteiger charge is -2.22. The summed E-state index contributed by atoms with van der Waals surface area (Å²) in [4.78, 5) is 10.4. The first-order valence-electron chi connectivity index (χ1n) is 16.6. The Labute approximate surface area is 278 Å². The molecule has 9 aromatic rings. The van der Waals surface area contributed by atoms with Crippen LogP contribution in [0.5, 0.6) is 0 Å². The fourth-order valence-electron chi connectivity index (χ4n) is 8.15. The fourth-order valence-corrected chi connectivity index (χ4v) is 8.15. The number of benzene rings is 7. The van der Waals surface area contributed by atoms with Gasteiger partial charge in [-0.3, -0.25) is 0 Å². The van der Waals surface area contributed by atoms with Crippen molar-refractivity contribution >= 4 is 43.5 Å². The summed E-state index contributed by atoms with van der Waals surface area (Å²) in [5.41, 5.74) is 12.8. The molecule has 3 nitrogen and oxygen atoms in total. The Bertz CT molecular complexity index is 2740. The molecule has 2 heterocycles. The molecule has 0 amide bonds. The van der Waals surface area contributed by atoms with Crippen molar-refractivity contribution < 1.29 is 0 Å². The van der Waals surface area contributed by atoms with E-state index in [2.05, 4.69) is 164 Å². The van der Waals surface area contributed by atoms with Gasteiger partial charge in [0, 0.05) is 22.1 Å². The van der Waals surface area contributed by atoms with E-state index in [9.17, 15) is 0 Å². The maximum absolute atomic E-state index is 5.40. The summed E-state index contributed by atoms with van der Waals surface area (Å²) in [5, 5.41) is 6.11. The third-order valence-corrected chi connectivity index (χ3v) is 10.4. The second-order valence-electron chi connectivity index (χ2n) is 13.5. The molecule has 0 spiro atoms. The smallest absolute Gasteiger partial charge is 0.159 e. The summed E-state index contributed by atoms with van der Waals surface area (Å²) in [5.74, 6) is 0.740. The summed E-state index contributed by atoms with van der Waals surface area (Å²) in [6.45, 7) is 4.70. The van der Waals surface area contributed by atoms with Crippen molar-refractivity contribution in [3.63, 3.8) is 0 Å². The largest absolute Gasteiger partial charge is 0.306 e. The van der Waals surface area contributed by atoms with E-state index in [1.165, 1.54) is 60.3 Å². The van der Waals surface area contributed by atoms with Gasteiger partial charge >= 0.3 is 0 Å². The highest BCUT2D eigenvalue weighted by Gasteiger charge is 2.38. The first-order valence-corrected chi connectivity index (χ1v) is 16.6. The van der Waals surface area contributed by atoms with Crippen molar-refractivity contribution in [1.82, 2.24) is 14.5 Å². The van der Waals surface area contributed by atoms with Crippen LogP contribution in [0.1, 0.15) is 25.0 Å². The van der Waals surface area contributed by atoms with Crippen LogP contribution in [0.3, 0.4) is 0 Å². The van der Waals surface area contributed by atoms with Crippen LogP contribution in [0, 0.1) is 0 Å². The van der Waals surface area contributed by atoms with E-state index in [-0.39, 0.29) is 5.41 Å². The molecule has 0 unspecified atom stereocenters. The normalized spacial score (nSPS) is 13.4. The average molecular weight is 614 g/mol. The molecule has 0 aliphatic heterocycles. The second-order valence-corrected chi connectivity index (χ2v) is 13.5. The number of rotatable bonds is 3. The monoisotopic (exact) mass is 613 g/mol. The molecule has 0 saturated carbocycles. The Morgan fingerprint density at radius 2 is 1.25 bits per heavy atom. The Hall–Kier alpha value is -6.06. The molecule has 3 heteroatoms. The number of hydrogen-bond donors (Lipinski definition) is 0. The Morgan fingerprint density at radius 3 is 2.12 bits per heavy atom. The van der Waals surface area contributed by atoms with Gasteiger partial charge in [0.2, 0.25) is 0 Å². The highest BCUT2D eigenvalue weighted by Crippen LogP contribution is 2.53. The van der Waals surface area contributed by atoms with Crippen LogP contribution in [-0.4, -0.2) is 14.5 Å². The lowest BCUT2D eigenvalue weighted by molar-refractivity contribution is 0.666. The number of aromatic nitrogens is 3. The molecule has 226 valence electrons. The fraction of sp³-hybridized carbons (Fsp3) is 0.0667. The molecule has 0 atom stereocenters. The molecule has 1 aliphatic rings. The van der Waals surface area contributed by atoms with E-state index < -0.39 is 0 Å². The number of nitrogens with zero attached hydrogens (tertiary/aromatic N) is 3. The summed E-state index contributed by atoms with van der Waals surface area (Å²) in [6.07, 6.45) is 2.02. The van der Waals surface area contributed by atoms with Gasteiger partial charge in [0.1, 0.15) is 5.52 Å². The zero-order valence-electron chi connectivity index (χ0n) is 26.8. The number of fused-ring (bicyclic) bond motifs is 9. The maximum Gasteiger partial charge on any atom is 0.159 e. The topological polar surface area (TPSA) is 30.7 Å². The van der Waals surface area contributed by atoms with Crippen LogP contribution in [0.4, 0.5) is 0 Å². The molecule has 48 heavy (non-hydrogen) atoms. The standard InChI is InChI=1S/C45H31N3/c1-45(2)38-17-8-7-15-36(38)37-24-25-39-41(42(37)45)43-40(27-46-44(47-43)32-19-18-28-10-3-4-12-31(28)26-32)48(39)33-22-20-30(21-23-33)35-16-9-13-29-11-5-6-14-34(29)35/h3-27H,1-2H3. The van der Waals surface area contributed by atoms with Gasteiger partial charge < -0.3 is 4.57 Å². The van der Waals surface area contributed by atoms with Gasteiger partial charge in [-0.15, -0.1) is 0 Å². The summed E-state index contributed by atoms with van der Waals surface area (Å²) in [7, 11) is 0. The van der Waals surface area contributed by atoms with E-state index in [1.54, 1.807) is 0 Å². The number of hydrogen-bond acceptors (Lipinski definition) is 2. The molecular formula is C45H31N3. The highest BCUT2D eigenvalue weighted by atomic mass is 15.0. The molecule has 10 rings (SSSR count). The third-order valence-electron chi connectivity index (χ3n) is 10.4. The van der Waals surface area contributed by atoms with E-state index in [1.807, 2.05) is 6.20 Å². The molecule has 0 N–H and O–H groups in total. The van der Waals surface area contributed by atoms with Crippen LogP contribution >= 0.6 is 0 Å². The first kappa shape index (κ1) is 27.1. The van der Waals surface area contributed by atoms with Gasteiger partial charge in [0.15, 0.2) is 5.82 Å². The van der Waals surface area contributed by atoms with Crippen molar-refractivity contribution in [3.8, 4) is 39.3 Å². The van der Waals surface area contributed by atoms with Gasteiger partial charge in [0.05, 0.1) is 17.2 Å². The molecule has 0 bridgehead atoms. The van der Waals surface area contributed by atoms with Gasteiger partial charge in [0.25, 0.3) is 0 Å². The first-order chi connectivity index (χ1) is 23.6. The molecule has 2 aromatic heterocycles. The quantitative estimate of drug-likeness (QED) is 0.198. The predicted octanol–water partition coefficient (Wildman–Crippen LogP) is 11.5. The third kappa shape index (κ3) is 3.82. The van der Waals surface area contributed by atoms with Crippen molar-refractivity contribution in [2.45, 2.75) is 19.3 Å². The van der Waals surface area contributed by atoms with E-state index in [4.69, 9.17) is 9.97 Å². The minimum absolute atomic E-state index is 0.184. The van der Waals surface area contributed by atoms with Crippen LogP contribution < -0.4 is 0 Å². The molecule has 0 radical (unpaired) electrons. The minimum atomic E-state index is -0.184. The summed E-state index contributed by atoms with van der Waals surface area (Å²) in [6, 6.07) is 52.5. The minimum Gasteiger partial charge on any atom is -0.306 e. The Balaban J connectivity index is 1.22. The second kappa shape index (κ2) is 9.97. The highest BCUT2D eigenvalue weighted by molar-refractivity contribution is 6.13. The van der Waals surface area contributed by atoms with E-state index in [0.29, 0.717) is 0 Å². The molecule has 1 aliphatic carbocycles. The van der Waals surface area contributed by atoms with Crippen molar-refractivity contribution in [2.75, 3.05) is 0 Å². The molecule has 7 aromatic carbocycles. The van der Waals surface area contributed by atoms with Crippen molar-refractivity contribution in [1.29, 1.82) is 0 Å². The van der Waals surface area contributed by atoms with Crippen molar-refractivity contribution in [2.24, 2.45) is 0 Å². The van der Waals surface area contributed by atoms with Gasteiger partial charge in [-0.1, -0.05) is 135 Å². The lowest BCUT2D eigenvalue weighted by Crippen LogP contribution is -2.15. The van der Waals surface area contributed by atoms with Crippen molar-refractivity contribution in [3.05, 3.63) is 163 Å².